The minimum Gasteiger partial charge on any atom is -0.493 e. The van der Waals surface area contributed by atoms with Gasteiger partial charge in [-0.2, -0.15) is 5.10 Å². The highest BCUT2D eigenvalue weighted by atomic mass is 79.9. The number of ether oxygens (including phenoxy) is 3. The van der Waals surface area contributed by atoms with E-state index >= 15 is 0 Å². The molecule has 0 unspecified atom stereocenters. The van der Waals surface area contributed by atoms with Crippen LogP contribution in [0.2, 0.25) is 0 Å². The number of methoxy groups -OCH3 is 1. The fourth-order valence-electron chi connectivity index (χ4n) is 2.59. The summed E-state index contributed by atoms with van der Waals surface area (Å²) in [7, 11) is 1.47. The Morgan fingerprint density at radius 3 is 2.41 bits per heavy atom. The van der Waals surface area contributed by atoms with E-state index in [0.717, 1.165) is 10.0 Å². The van der Waals surface area contributed by atoms with E-state index in [1.165, 1.54) is 13.3 Å². The minimum atomic E-state index is -0.502. The average molecular weight is 497 g/mol. The summed E-state index contributed by atoms with van der Waals surface area (Å²) in [6, 6.07) is 19.1. The molecule has 0 aromatic heterocycles. The summed E-state index contributed by atoms with van der Waals surface area (Å²) in [5.41, 5.74) is 4.56. The predicted molar refractivity (Wildman–Crippen MR) is 125 cm³/mol. The van der Waals surface area contributed by atoms with Crippen molar-refractivity contribution in [3.8, 4) is 17.2 Å². The van der Waals surface area contributed by atoms with Crippen molar-refractivity contribution in [2.24, 2.45) is 5.10 Å². The Morgan fingerprint density at radius 1 is 1.00 bits per heavy atom. The van der Waals surface area contributed by atoms with E-state index in [1.54, 1.807) is 54.6 Å². The van der Waals surface area contributed by atoms with E-state index < -0.39 is 11.9 Å². The van der Waals surface area contributed by atoms with Gasteiger partial charge in [-0.15, -0.1) is 0 Å². The second-order valence-electron chi connectivity index (χ2n) is 6.70. The van der Waals surface area contributed by atoms with E-state index in [2.05, 4.69) is 26.5 Å². The van der Waals surface area contributed by atoms with Crippen LogP contribution in [0.3, 0.4) is 0 Å². The smallest absolute Gasteiger partial charge is 0.343 e. The number of halogens is 1. The summed E-state index contributed by atoms with van der Waals surface area (Å²) < 4.78 is 17.0. The zero-order chi connectivity index (χ0) is 22.9. The molecular weight excluding hydrogens is 476 g/mol. The lowest BCUT2D eigenvalue weighted by Gasteiger charge is -2.10. The van der Waals surface area contributed by atoms with E-state index in [1.807, 2.05) is 19.1 Å². The minimum absolute atomic E-state index is 0.158. The third kappa shape index (κ3) is 6.68. The third-order valence-electron chi connectivity index (χ3n) is 4.26. The van der Waals surface area contributed by atoms with Crippen LogP contribution in [0.15, 0.2) is 76.3 Å². The quantitative estimate of drug-likeness (QED) is 0.214. The van der Waals surface area contributed by atoms with E-state index in [-0.39, 0.29) is 12.4 Å². The molecule has 0 spiro atoms. The molecule has 3 aromatic carbocycles. The number of nitrogens with one attached hydrogen (secondary N) is 1. The number of carbonyl (C=O) groups excluding carboxylic acids is 2. The van der Waals surface area contributed by atoms with Gasteiger partial charge in [0.25, 0.3) is 5.91 Å². The number of rotatable bonds is 8. The number of hydrazone groups is 1. The van der Waals surface area contributed by atoms with Gasteiger partial charge >= 0.3 is 5.97 Å². The Morgan fingerprint density at radius 2 is 1.72 bits per heavy atom. The number of hydrogen-bond acceptors (Lipinski definition) is 6. The maximum atomic E-state index is 12.3. The largest absolute Gasteiger partial charge is 0.493 e. The Labute approximate surface area is 194 Å². The van der Waals surface area contributed by atoms with Crippen LogP contribution in [0.25, 0.3) is 0 Å². The van der Waals surface area contributed by atoms with E-state index in [9.17, 15) is 9.59 Å². The van der Waals surface area contributed by atoms with Gasteiger partial charge in [-0.1, -0.05) is 33.6 Å². The van der Waals surface area contributed by atoms with Gasteiger partial charge in [0, 0.05) is 4.47 Å². The molecule has 0 aliphatic rings. The lowest BCUT2D eigenvalue weighted by molar-refractivity contribution is -0.123. The summed E-state index contributed by atoms with van der Waals surface area (Å²) in [4.78, 5) is 24.2. The molecule has 0 aliphatic carbocycles. The monoisotopic (exact) mass is 496 g/mol. The molecule has 0 bridgehead atoms. The average Bonchev–Trinajstić information content (AvgIpc) is 2.80. The number of carbonyl (C=O) groups is 2. The lowest BCUT2D eigenvalue weighted by atomic mass is 10.2. The van der Waals surface area contributed by atoms with Crippen LogP contribution in [0.1, 0.15) is 21.5 Å². The van der Waals surface area contributed by atoms with Crippen molar-refractivity contribution in [3.05, 3.63) is 87.9 Å². The van der Waals surface area contributed by atoms with Crippen molar-refractivity contribution in [2.45, 2.75) is 6.92 Å². The van der Waals surface area contributed by atoms with Crippen molar-refractivity contribution in [1.82, 2.24) is 5.43 Å². The molecule has 0 saturated carbocycles. The normalized spacial score (nSPS) is 10.6. The molecule has 8 heteroatoms. The van der Waals surface area contributed by atoms with Crippen LogP contribution in [0.4, 0.5) is 0 Å². The van der Waals surface area contributed by atoms with Crippen molar-refractivity contribution < 1.29 is 23.8 Å². The van der Waals surface area contributed by atoms with Gasteiger partial charge in [-0.3, -0.25) is 4.79 Å². The molecule has 0 atom stereocenters. The van der Waals surface area contributed by atoms with Crippen LogP contribution in [0, 0.1) is 6.92 Å². The Hall–Kier alpha value is -3.65. The third-order valence-corrected chi connectivity index (χ3v) is 4.79. The van der Waals surface area contributed by atoms with Gasteiger partial charge in [-0.05, 0) is 67.1 Å². The number of aryl methyl sites for hydroxylation is 1. The summed E-state index contributed by atoms with van der Waals surface area (Å²) in [6.45, 7) is 1.81. The highest BCUT2D eigenvalue weighted by molar-refractivity contribution is 9.10. The molecule has 3 rings (SSSR count). The molecule has 0 radical (unpaired) electrons. The molecular formula is C24H21BrN2O5. The molecule has 7 nitrogen and oxygen atoms in total. The Balaban J connectivity index is 1.55. The highest BCUT2D eigenvalue weighted by Gasteiger charge is 2.13. The van der Waals surface area contributed by atoms with Gasteiger partial charge in [0.1, 0.15) is 5.75 Å². The van der Waals surface area contributed by atoms with Crippen LogP contribution in [-0.4, -0.2) is 31.8 Å². The van der Waals surface area contributed by atoms with Crippen molar-refractivity contribution in [1.29, 1.82) is 0 Å². The second kappa shape index (κ2) is 11.1. The van der Waals surface area contributed by atoms with Gasteiger partial charge in [-0.25, -0.2) is 10.2 Å². The van der Waals surface area contributed by atoms with Crippen LogP contribution in [-0.2, 0) is 4.79 Å². The predicted octanol–water partition coefficient (Wildman–Crippen LogP) is 4.51. The number of hydrogen-bond donors (Lipinski definition) is 1. The maximum Gasteiger partial charge on any atom is 0.343 e. The first kappa shape index (κ1) is 23.0. The molecule has 0 fully saturated rings. The molecule has 1 amide bonds. The molecule has 0 heterocycles. The van der Waals surface area contributed by atoms with Gasteiger partial charge in [0.05, 0.1) is 18.9 Å². The summed E-state index contributed by atoms with van der Waals surface area (Å²) in [5.74, 6) is 0.334. The maximum absolute atomic E-state index is 12.3. The first-order chi connectivity index (χ1) is 15.4. The van der Waals surface area contributed by atoms with Crippen molar-refractivity contribution in [2.75, 3.05) is 13.7 Å². The van der Waals surface area contributed by atoms with Crippen molar-refractivity contribution >= 4 is 34.0 Å². The summed E-state index contributed by atoms with van der Waals surface area (Å²) in [5, 5.41) is 3.92. The zero-order valence-corrected chi connectivity index (χ0v) is 19.1. The molecule has 0 aliphatic heterocycles. The summed E-state index contributed by atoms with van der Waals surface area (Å²) in [6.07, 6.45) is 1.45. The summed E-state index contributed by atoms with van der Waals surface area (Å²) >= 11 is 3.33. The fraction of sp³-hybridized carbons (Fsp3) is 0.125. The van der Waals surface area contributed by atoms with E-state index in [0.29, 0.717) is 22.6 Å². The zero-order valence-electron chi connectivity index (χ0n) is 17.5. The lowest BCUT2D eigenvalue weighted by Crippen LogP contribution is -2.24. The topological polar surface area (TPSA) is 86.2 Å². The van der Waals surface area contributed by atoms with Crippen LogP contribution in [0.5, 0.6) is 17.2 Å². The fourth-order valence-corrected chi connectivity index (χ4v) is 2.85. The number of nitrogens with zero attached hydrogens (tertiary/aromatic N) is 1. The van der Waals surface area contributed by atoms with Crippen LogP contribution >= 0.6 is 15.9 Å². The standard InChI is InChI=1S/C24H21BrN2O5/c1-16-3-10-20(11-4-16)31-15-23(28)27-26-14-17-5-12-21(22(13-17)30-2)32-24(29)18-6-8-19(25)9-7-18/h3-14H,15H2,1-2H3,(H,27,28). The van der Waals surface area contributed by atoms with E-state index in [4.69, 9.17) is 14.2 Å². The first-order valence-electron chi connectivity index (χ1n) is 9.62. The van der Waals surface area contributed by atoms with Gasteiger partial charge < -0.3 is 14.2 Å². The number of amides is 1. The SMILES string of the molecule is COc1cc(C=NNC(=O)COc2ccc(C)cc2)ccc1OC(=O)c1ccc(Br)cc1. The Kier molecular flexibility index (Phi) is 7.99. The first-order valence-corrected chi connectivity index (χ1v) is 10.4. The van der Waals surface area contributed by atoms with Crippen LogP contribution < -0.4 is 19.6 Å². The number of benzene rings is 3. The van der Waals surface area contributed by atoms with Gasteiger partial charge in [0.15, 0.2) is 18.1 Å². The molecule has 1 N–H and O–H groups in total. The highest BCUT2D eigenvalue weighted by Crippen LogP contribution is 2.28. The molecule has 0 saturated heterocycles. The molecule has 32 heavy (non-hydrogen) atoms. The molecule has 164 valence electrons. The Bertz CT molecular complexity index is 1110. The number of esters is 1. The van der Waals surface area contributed by atoms with Crippen molar-refractivity contribution in [3.63, 3.8) is 0 Å². The second-order valence-corrected chi connectivity index (χ2v) is 7.62. The van der Waals surface area contributed by atoms with Gasteiger partial charge in [0.2, 0.25) is 0 Å². The molecule has 3 aromatic rings.